The highest BCUT2D eigenvalue weighted by Crippen LogP contribution is 2.14. The second kappa shape index (κ2) is 14.9. The SMILES string of the molecule is CCC(C)C(NC(=O)C(NC(=O)C(CC(C)C)NC(=O)C(N)CC(C)C)C(C)CC)C(=O)O. The summed E-state index contributed by atoms with van der Waals surface area (Å²) in [5.41, 5.74) is 5.98. The average Bonchev–Trinajstić information content (AvgIpc) is 2.72. The van der Waals surface area contributed by atoms with Crippen LogP contribution in [0.15, 0.2) is 0 Å². The zero-order valence-corrected chi connectivity index (χ0v) is 21.6. The van der Waals surface area contributed by atoms with Crippen LogP contribution in [0.3, 0.4) is 0 Å². The minimum atomic E-state index is -1.11. The van der Waals surface area contributed by atoms with E-state index in [-0.39, 0.29) is 23.7 Å². The number of nitrogens with one attached hydrogen (secondary N) is 3. The molecule has 9 nitrogen and oxygen atoms in total. The summed E-state index contributed by atoms with van der Waals surface area (Å²) in [7, 11) is 0. The molecule has 0 saturated carbocycles. The topological polar surface area (TPSA) is 151 Å². The van der Waals surface area contributed by atoms with Gasteiger partial charge in [0.05, 0.1) is 6.04 Å². The third-order valence-electron chi connectivity index (χ3n) is 5.97. The molecule has 0 aliphatic heterocycles. The number of nitrogens with two attached hydrogens (primary N) is 1. The maximum atomic E-state index is 13.1. The van der Waals surface area contributed by atoms with Crippen LogP contribution in [-0.2, 0) is 19.2 Å². The maximum absolute atomic E-state index is 13.1. The number of carbonyl (C=O) groups is 4. The Morgan fingerprint density at radius 1 is 0.697 bits per heavy atom. The van der Waals surface area contributed by atoms with Crippen molar-refractivity contribution in [2.24, 2.45) is 29.4 Å². The number of carboxylic acids is 1. The van der Waals surface area contributed by atoms with Crippen molar-refractivity contribution in [2.75, 3.05) is 0 Å². The Morgan fingerprint density at radius 3 is 1.58 bits per heavy atom. The molecular formula is C24H46N4O5. The van der Waals surface area contributed by atoms with Crippen LogP contribution in [0.25, 0.3) is 0 Å². The summed E-state index contributed by atoms with van der Waals surface area (Å²) in [4.78, 5) is 50.4. The first-order valence-corrected chi connectivity index (χ1v) is 12.1. The molecule has 0 aromatic rings. The molecule has 0 spiro atoms. The van der Waals surface area contributed by atoms with E-state index in [1.165, 1.54) is 0 Å². The quantitative estimate of drug-likeness (QED) is 0.247. The lowest BCUT2D eigenvalue weighted by Crippen LogP contribution is -2.59. The highest BCUT2D eigenvalue weighted by molar-refractivity contribution is 5.94. The fraction of sp³-hybridized carbons (Fsp3) is 0.833. The molecule has 9 heteroatoms. The van der Waals surface area contributed by atoms with E-state index >= 15 is 0 Å². The van der Waals surface area contributed by atoms with Crippen molar-refractivity contribution in [2.45, 2.75) is 105 Å². The zero-order chi connectivity index (χ0) is 25.9. The molecule has 0 heterocycles. The summed E-state index contributed by atoms with van der Waals surface area (Å²) < 4.78 is 0. The van der Waals surface area contributed by atoms with E-state index in [1.807, 2.05) is 48.5 Å². The Kier molecular flexibility index (Phi) is 13.9. The van der Waals surface area contributed by atoms with E-state index in [9.17, 15) is 24.3 Å². The fourth-order valence-electron chi connectivity index (χ4n) is 3.48. The van der Waals surface area contributed by atoms with Crippen LogP contribution in [0.1, 0.15) is 81.1 Å². The van der Waals surface area contributed by atoms with Gasteiger partial charge in [0.15, 0.2) is 0 Å². The number of rotatable bonds is 15. The summed E-state index contributed by atoms with van der Waals surface area (Å²) in [6.45, 7) is 15.1. The van der Waals surface area contributed by atoms with Crippen molar-refractivity contribution >= 4 is 23.7 Å². The van der Waals surface area contributed by atoms with Crippen LogP contribution in [0, 0.1) is 23.7 Å². The second-order valence-electron chi connectivity index (χ2n) is 10.0. The normalized spacial score (nSPS) is 16.9. The molecule has 6 N–H and O–H groups in total. The van der Waals surface area contributed by atoms with Gasteiger partial charge in [-0.25, -0.2) is 4.79 Å². The number of hydrogen-bond donors (Lipinski definition) is 5. The first kappa shape index (κ1) is 30.8. The van der Waals surface area contributed by atoms with Gasteiger partial charge < -0.3 is 26.8 Å². The summed E-state index contributed by atoms with van der Waals surface area (Å²) >= 11 is 0. The van der Waals surface area contributed by atoms with E-state index < -0.39 is 47.9 Å². The van der Waals surface area contributed by atoms with E-state index in [4.69, 9.17) is 5.73 Å². The minimum absolute atomic E-state index is 0.111. The molecule has 0 bridgehead atoms. The van der Waals surface area contributed by atoms with Crippen molar-refractivity contribution in [1.82, 2.24) is 16.0 Å². The van der Waals surface area contributed by atoms with Crippen LogP contribution in [0.5, 0.6) is 0 Å². The number of amides is 3. The van der Waals surface area contributed by atoms with E-state index in [0.717, 1.165) is 0 Å². The smallest absolute Gasteiger partial charge is 0.326 e. The van der Waals surface area contributed by atoms with Crippen LogP contribution >= 0.6 is 0 Å². The van der Waals surface area contributed by atoms with Crippen LogP contribution in [0.4, 0.5) is 0 Å². The molecule has 0 rings (SSSR count). The molecule has 0 aromatic carbocycles. The summed E-state index contributed by atoms with van der Waals surface area (Å²) in [5.74, 6) is -2.71. The second-order valence-corrected chi connectivity index (χ2v) is 10.0. The van der Waals surface area contributed by atoms with E-state index in [2.05, 4.69) is 16.0 Å². The molecule has 3 amide bonds. The van der Waals surface area contributed by atoms with Gasteiger partial charge in [0.2, 0.25) is 17.7 Å². The van der Waals surface area contributed by atoms with Gasteiger partial charge in [-0.15, -0.1) is 0 Å². The van der Waals surface area contributed by atoms with Gasteiger partial charge in [-0.2, -0.15) is 0 Å². The highest BCUT2D eigenvalue weighted by Gasteiger charge is 2.34. The minimum Gasteiger partial charge on any atom is -0.480 e. The molecule has 0 saturated heterocycles. The molecule has 6 unspecified atom stereocenters. The standard InChI is InChI=1S/C24H46N4O5/c1-9-15(7)19(23(31)28-20(24(32)33)16(8)10-2)27-22(30)18(12-14(5)6)26-21(29)17(25)11-13(3)4/h13-20H,9-12,25H2,1-8H3,(H,26,29)(H,27,30)(H,28,31)(H,32,33). The van der Waals surface area contributed by atoms with Crippen molar-refractivity contribution < 1.29 is 24.3 Å². The van der Waals surface area contributed by atoms with Crippen molar-refractivity contribution in [3.05, 3.63) is 0 Å². The van der Waals surface area contributed by atoms with Crippen molar-refractivity contribution in [3.8, 4) is 0 Å². The molecule has 6 atom stereocenters. The average molecular weight is 471 g/mol. The summed E-state index contributed by atoms with van der Waals surface area (Å²) in [6.07, 6.45) is 2.05. The molecule has 0 radical (unpaired) electrons. The Bertz CT molecular complexity index is 653. The lowest BCUT2D eigenvalue weighted by Gasteiger charge is -2.29. The molecule has 0 fully saturated rings. The summed E-state index contributed by atoms with van der Waals surface area (Å²) in [5, 5.41) is 17.6. The van der Waals surface area contributed by atoms with Crippen LogP contribution in [0.2, 0.25) is 0 Å². The largest absolute Gasteiger partial charge is 0.480 e. The maximum Gasteiger partial charge on any atom is 0.326 e. The van der Waals surface area contributed by atoms with Gasteiger partial charge >= 0.3 is 5.97 Å². The first-order valence-electron chi connectivity index (χ1n) is 12.1. The van der Waals surface area contributed by atoms with Gasteiger partial charge in [-0.1, -0.05) is 68.2 Å². The number of carbonyl (C=O) groups excluding carboxylic acids is 3. The molecular weight excluding hydrogens is 424 g/mol. The first-order chi connectivity index (χ1) is 15.2. The summed E-state index contributed by atoms with van der Waals surface area (Å²) in [6, 6.07) is -3.55. The van der Waals surface area contributed by atoms with Crippen molar-refractivity contribution in [1.29, 1.82) is 0 Å². The highest BCUT2D eigenvalue weighted by atomic mass is 16.4. The van der Waals surface area contributed by atoms with Crippen LogP contribution < -0.4 is 21.7 Å². The van der Waals surface area contributed by atoms with Gasteiger partial charge in [0, 0.05) is 0 Å². The Labute approximate surface area is 199 Å². The van der Waals surface area contributed by atoms with Gasteiger partial charge in [0.25, 0.3) is 0 Å². The monoisotopic (exact) mass is 470 g/mol. The third kappa shape index (κ3) is 11.0. The molecule has 33 heavy (non-hydrogen) atoms. The van der Waals surface area contributed by atoms with E-state index in [0.29, 0.717) is 25.7 Å². The fourth-order valence-corrected chi connectivity index (χ4v) is 3.48. The third-order valence-corrected chi connectivity index (χ3v) is 5.97. The lowest BCUT2D eigenvalue weighted by atomic mass is 9.94. The van der Waals surface area contributed by atoms with Gasteiger partial charge in [-0.3, -0.25) is 14.4 Å². The Morgan fingerprint density at radius 2 is 1.15 bits per heavy atom. The number of hydrogen-bond acceptors (Lipinski definition) is 5. The Balaban J connectivity index is 5.60. The van der Waals surface area contributed by atoms with E-state index in [1.54, 1.807) is 6.92 Å². The molecule has 0 aliphatic rings. The van der Waals surface area contributed by atoms with Gasteiger partial charge in [0.1, 0.15) is 18.1 Å². The van der Waals surface area contributed by atoms with Gasteiger partial charge in [-0.05, 0) is 36.5 Å². The predicted octanol–water partition coefficient (Wildman–Crippen LogP) is 2.04. The molecule has 192 valence electrons. The zero-order valence-electron chi connectivity index (χ0n) is 21.6. The molecule has 0 aliphatic carbocycles. The Hall–Kier alpha value is -2.16. The van der Waals surface area contributed by atoms with Crippen molar-refractivity contribution in [3.63, 3.8) is 0 Å². The number of aliphatic carboxylic acids is 1. The van der Waals surface area contributed by atoms with Crippen LogP contribution in [-0.4, -0.2) is 53.0 Å². The predicted molar refractivity (Wildman–Crippen MR) is 129 cm³/mol. The molecule has 0 aromatic heterocycles. The lowest BCUT2D eigenvalue weighted by molar-refractivity contribution is -0.144. The number of carboxylic acid groups (broad SMARTS) is 1.